The molecule has 3 aromatic rings. The lowest BCUT2D eigenvalue weighted by molar-refractivity contribution is 0.102. The minimum absolute atomic E-state index is 0.267. The van der Waals surface area contributed by atoms with Crippen LogP contribution in [0.3, 0.4) is 0 Å². The number of carbonyl (C=O) groups excluding carboxylic acids is 1. The molecule has 8 heteroatoms. The third-order valence-corrected chi connectivity index (χ3v) is 6.43. The number of aromatic hydroxyl groups is 1. The maximum Gasteiger partial charge on any atom is 0.265 e. The smallest absolute Gasteiger partial charge is 0.265 e. The van der Waals surface area contributed by atoms with E-state index in [2.05, 4.69) is 10.3 Å². The number of ether oxygens (including phenoxy) is 1. The van der Waals surface area contributed by atoms with Crippen molar-refractivity contribution in [1.82, 2.24) is 4.98 Å². The largest absolute Gasteiger partial charge is 0.506 e. The number of amides is 1. The number of halogens is 1. The summed E-state index contributed by atoms with van der Waals surface area (Å²) in [5.41, 5.74) is 0.433. The van der Waals surface area contributed by atoms with Crippen molar-refractivity contribution in [1.29, 1.82) is 0 Å². The fourth-order valence-electron chi connectivity index (χ4n) is 3.65. The van der Waals surface area contributed by atoms with Gasteiger partial charge in [-0.25, -0.2) is 0 Å². The molecule has 0 atom stereocenters. The number of hydrogen-bond acceptors (Lipinski definition) is 5. The molecule has 1 aliphatic rings. The van der Waals surface area contributed by atoms with Gasteiger partial charge in [-0.2, -0.15) is 0 Å². The van der Waals surface area contributed by atoms with E-state index in [1.54, 1.807) is 12.1 Å². The Labute approximate surface area is 170 Å². The number of methoxy groups -OCH3 is 1. The maximum atomic E-state index is 12.9. The average molecular weight is 419 g/mol. The Morgan fingerprint density at radius 2 is 2.07 bits per heavy atom. The van der Waals surface area contributed by atoms with E-state index in [1.165, 1.54) is 29.4 Å². The summed E-state index contributed by atoms with van der Waals surface area (Å²) >= 11 is 7.49. The van der Waals surface area contributed by atoms with Crippen molar-refractivity contribution in [2.75, 3.05) is 12.4 Å². The second-order valence-electron chi connectivity index (χ2n) is 6.75. The summed E-state index contributed by atoms with van der Waals surface area (Å²) in [6.45, 7) is 0. The molecule has 2 aromatic heterocycles. The Kier molecular flexibility index (Phi) is 5.03. The van der Waals surface area contributed by atoms with Gasteiger partial charge in [0.15, 0.2) is 0 Å². The number of aryl methyl sites for hydroxylation is 2. The van der Waals surface area contributed by atoms with Crippen molar-refractivity contribution < 1.29 is 14.6 Å². The lowest BCUT2D eigenvalue weighted by Crippen LogP contribution is -2.23. The van der Waals surface area contributed by atoms with Crippen LogP contribution in [-0.4, -0.2) is 23.1 Å². The maximum absolute atomic E-state index is 12.9. The molecule has 0 saturated heterocycles. The summed E-state index contributed by atoms with van der Waals surface area (Å²) in [5, 5.41) is 14.5. The summed E-state index contributed by atoms with van der Waals surface area (Å²) in [4.78, 5) is 30.0. The van der Waals surface area contributed by atoms with Crippen LogP contribution >= 0.6 is 22.9 Å². The van der Waals surface area contributed by atoms with Crippen LogP contribution in [0.4, 0.5) is 5.69 Å². The van der Waals surface area contributed by atoms with Crippen LogP contribution in [0.1, 0.15) is 40.1 Å². The zero-order valence-electron chi connectivity index (χ0n) is 15.2. The molecule has 4 rings (SSSR count). The third kappa shape index (κ3) is 3.25. The Balaban J connectivity index is 1.80. The van der Waals surface area contributed by atoms with E-state index in [0.29, 0.717) is 26.7 Å². The van der Waals surface area contributed by atoms with Crippen molar-refractivity contribution in [2.45, 2.75) is 32.1 Å². The van der Waals surface area contributed by atoms with Crippen LogP contribution in [0.2, 0.25) is 5.02 Å². The minimum atomic E-state index is -0.713. The van der Waals surface area contributed by atoms with Gasteiger partial charge in [-0.1, -0.05) is 18.0 Å². The highest BCUT2D eigenvalue weighted by Gasteiger charge is 2.25. The number of aromatic amines is 1. The van der Waals surface area contributed by atoms with Crippen molar-refractivity contribution in [3.8, 4) is 11.5 Å². The van der Waals surface area contributed by atoms with Gasteiger partial charge in [-0.3, -0.25) is 9.59 Å². The molecule has 1 amide bonds. The van der Waals surface area contributed by atoms with E-state index in [-0.39, 0.29) is 11.3 Å². The number of benzene rings is 1. The normalized spacial score (nSPS) is 13.8. The van der Waals surface area contributed by atoms with E-state index in [4.69, 9.17) is 16.3 Å². The number of fused-ring (bicyclic) bond motifs is 3. The van der Waals surface area contributed by atoms with E-state index in [9.17, 15) is 14.7 Å². The molecule has 0 radical (unpaired) electrons. The minimum Gasteiger partial charge on any atom is -0.506 e. The van der Waals surface area contributed by atoms with Crippen LogP contribution in [0.5, 0.6) is 11.5 Å². The van der Waals surface area contributed by atoms with Gasteiger partial charge < -0.3 is 20.1 Å². The molecule has 146 valence electrons. The number of anilines is 1. The fraction of sp³-hybridized carbons (Fsp3) is 0.300. The Morgan fingerprint density at radius 1 is 1.29 bits per heavy atom. The highest BCUT2D eigenvalue weighted by Crippen LogP contribution is 2.39. The number of H-pyrrole nitrogens is 1. The standard InChI is InChI=1S/C20H19ClN2O4S/c1-27-13-8-7-10(21)9-12(13)22-18(25)16-17(24)15-11-5-3-2-4-6-14(11)28-20(15)23-19(16)26/h7-9H,2-6H2,1H3,(H,22,25)(H2,23,24,26). The second kappa shape index (κ2) is 7.48. The molecule has 0 spiro atoms. The van der Waals surface area contributed by atoms with Gasteiger partial charge in [0.05, 0.1) is 18.2 Å². The van der Waals surface area contributed by atoms with E-state index in [0.717, 1.165) is 37.7 Å². The molecule has 0 saturated carbocycles. The predicted molar refractivity (Wildman–Crippen MR) is 111 cm³/mol. The average Bonchev–Trinajstić information content (AvgIpc) is 2.83. The molecule has 28 heavy (non-hydrogen) atoms. The number of rotatable bonds is 3. The van der Waals surface area contributed by atoms with Gasteiger partial charge in [0.2, 0.25) is 0 Å². The van der Waals surface area contributed by atoms with Crippen LogP contribution in [-0.2, 0) is 12.8 Å². The summed E-state index contributed by atoms with van der Waals surface area (Å²) in [7, 11) is 1.47. The van der Waals surface area contributed by atoms with Crippen molar-refractivity contribution in [3.63, 3.8) is 0 Å². The van der Waals surface area contributed by atoms with Crippen molar-refractivity contribution >= 4 is 44.7 Å². The van der Waals surface area contributed by atoms with Gasteiger partial charge in [-0.05, 0) is 49.4 Å². The zero-order valence-corrected chi connectivity index (χ0v) is 16.8. The first-order valence-electron chi connectivity index (χ1n) is 9.04. The van der Waals surface area contributed by atoms with Crippen LogP contribution < -0.4 is 15.6 Å². The first-order chi connectivity index (χ1) is 13.5. The molecule has 2 heterocycles. The predicted octanol–water partition coefficient (Wildman–Crippen LogP) is 4.48. The van der Waals surface area contributed by atoms with Gasteiger partial charge >= 0.3 is 0 Å². The quantitative estimate of drug-likeness (QED) is 0.547. The van der Waals surface area contributed by atoms with E-state index < -0.39 is 11.5 Å². The Hall–Kier alpha value is -2.51. The highest BCUT2D eigenvalue weighted by molar-refractivity contribution is 7.18. The molecular formula is C20H19ClN2O4S. The number of carbonyl (C=O) groups is 1. The van der Waals surface area contributed by atoms with E-state index >= 15 is 0 Å². The molecule has 1 aromatic carbocycles. The van der Waals surface area contributed by atoms with Gasteiger partial charge in [0.25, 0.3) is 11.5 Å². The van der Waals surface area contributed by atoms with Gasteiger partial charge in [0.1, 0.15) is 21.9 Å². The first kappa shape index (κ1) is 18.8. The Bertz CT molecular complexity index is 1140. The number of nitrogens with one attached hydrogen (secondary N) is 2. The van der Waals surface area contributed by atoms with Gasteiger partial charge in [-0.15, -0.1) is 11.3 Å². The summed E-state index contributed by atoms with van der Waals surface area (Å²) in [6.07, 6.45) is 5.01. The number of thiophene rings is 1. The molecule has 3 N–H and O–H groups in total. The summed E-state index contributed by atoms with van der Waals surface area (Å²) < 4.78 is 5.22. The van der Waals surface area contributed by atoms with Crippen LogP contribution in [0.25, 0.3) is 10.2 Å². The SMILES string of the molecule is COc1ccc(Cl)cc1NC(=O)c1c(O)c2c3c(sc2[nH]c1=O)CCCCC3. The molecule has 0 unspecified atom stereocenters. The molecule has 0 aliphatic heterocycles. The highest BCUT2D eigenvalue weighted by atomic mass is 35.5. The fourth-order valence-corrected chi connectivity index (χ4v) is 5.11. The van der Waals surface area contributed by atoms with E-state index in [1.807, 2.05) is 0 Å². The van der Waals surface area contributed by atoms with Gasteiger partial charge in [0, 0.05) is 9.90 Å². The van der Waals surface area contributed by atoms with Crippen molar-refractivity contribution in [3.05, 3.63) is 49.6 Å². The van der Waals surface area contributed by atoms with Crippen LogP contribution in [0, 0.1) is 0 Å². The first-order valence-corrected chi connectivity index (χ1v) is 10.2. The lowest BCUT2D eigenvalue weighted by Gasteiger charge is -2.11. The third-order valence-electron chi connectivity index (χ3n) is 4.99. The van der Waals surface area contributed by atoms with Crippen LogP contribution in [0.15, 0.2) is 23.0 Å². The lowest BCUT2D eigenvalue weighted by atomic mass is 10.0. The summed E-state index contributed by atoms with van der Waals surface area (Å²) in [5.74, 6) is -0.578. The number of hydrogen-bond donors (Lipinski definition) is 3. The monoisotopic (exact) mass is 418 g/mol. The molecular weight excluding hydrogens is 400 g/mol. The molecule has 0 fully saturated rings. The molecule has 1 aliphatic carbocycles. The molecule has 0 bridgehead atoms. The zero-order chi connectivity index (χ0) is 19.8. The van der Waals surface area contributed by atoms with Crippen molar-refractivity contribution in [2.24, 2.45) is 0 Å². The second-order valence-corrected chi connectivity index (χ2v) is 8.29. The topological polar surface area (TPSA) is 91.4 Å². The molecule has 6 nitrogen and oxygen atoms in total. The number of pyridine rings is 1. The summed E-state index contributed by atoms with van der Waals surface area (Å²) in [6, 6.07) is 4.77. The Morgan fingerprint density at radius 3 is 2.86 bits per heavy atom. The number of aromatic nitrogens is 1.